The molecule has 1 aromatic rings. The summed E-state index contributed by atoms with van der Waals surface area (Å²) in [5.74, 6) is -2.13. The van der Waals surface area contributed by atoms with E-state index >= 15 is 0 Å². The third-order valence-electron chi connectivity index (χ3n) is 7.22. The van der Waals surface area contributed by atoms with Crippen molar-refractivity contribution < 1.29 is 33.7 Å². The molecule has 0 aromatic heterocycles. The number of carboxylic acids is 1. The molecule has 0 aliphatic carbocycles. The Hall–Kier alpha value is -3.07. The maximum absolute atomic E-state index is 13.9. The molecule has 3 atom stereocenters. The Kier molecular flexibility index (Phi) is 8.35. The van der Waals surface area contributed by atoms with Gasteiger partial charge in [-0.1, -0.05) is 30.0 Å². The van der Waals surface area contributed by atoms with Crippen molar-refractivity contribution in [2.45, 2.75) is 63.7 Å². The standard InChI is InChI=1S/C27H33N3O7S/c1-5-36-19-9-7-6-8-18(19)20(37-17-10-12-35-13-11-17)15-29-24-22(16(2)21(14-28)38-24)23(31)30(26(29)34)27(3,4)25(32)33/h6-9,17,20,22,24H,5,10-13,15H2,1-4H3,(H,32,33). The van der Waals surface area contributed by atoms with Gasteiger partial charge in [0.1, 0.15) is 28.8 Å². The maximum Gasteiger partial charge on any atom is 0.329 e. The van der Waals surface area contributed by atoms with Crippen LogP contribution in [0.4, 0.5) is 4.79 Å². The Bertz CT molecular complexity index is 1170. The van der Waals surface area contributed by atoms with Crippen molar-refractivity contribution in [2.75, 3.05) is 26.4 Å². The minimum atomic E-state index is -1.79. The Balaban J connectivity index is 1.76. The van der Waals surface area contributed by atoms with E-state index in [2.05, 4.69) is 6.07 Å². The van der Waals surface area contributed by atoms with Crippen molar-refractivity contribution in [1.82, 2.24) is 9.80 Å². The van der Waals surface area contributed by atoms with Gasteiger partial charge < -0.3 is 24.2 Å². The van der Waals surface area contributed by atoms with Gasteiger partial charge in [0.25, 0.3) is 0 Å². The van der Waals surface area contributed by atoms with E-state index in [1.165, 1.54) is 18.7 Å². The second-order valence-corrected chi connectivity index (χ2v) is 11.1. The number of carboxylic acid groups (broad SMARTS) is 1. The van der Waals surface area contributed by atoms with Crippen molar-refractivity contribution in [3.8, 4) is 11.8 Å². The van der Waals surface area contributed by atoms with Crippen LogP contribution in [0.5, 0.6) is 5.75 Å². The fraction of sp³-hybridized carbons (Fsp3) is 0.556. The van der Waals surface area contributed by atoms with Crippen LogP contribution >= 0.6 is 11.8 Å². The van der Waals surface area contributed by atoms with Gasteiger partial charge in [-0.2, -0.15) is 5.26 Å². The molecule has 0 spiro atoms. The number of ether oxygens (including phenoxy) is 3. The molecule has 2 saturated heterocycles. The second kappa shape index (κ2) is 11.4. The van der Waals surface area contributed by atoms with Crippen LogP contribution in [0.3, 0.4) is 0 Å². The zero-order chi connectivity index (χ0) is 27.6. The van der Waals surface area contributed by atoms with Crippen LogP contribution in [0, 0.1) is 17.2 Å². The number of hydrogen-bond donors (Lipinski definition) is 1. The molecule has 3 heterocycles. The normalized spacial score (nSPS) is 23.3. The number of nitrogens with zero attached hydrogens (tertiary/aromatic N) is 3. The van der Waals surface area contributed by atoms with Crippen LogP contribution in [0.25, 0.3) is 0 Å². The first-order valence-electron chi connectivity index (χ1n) is 12.7. The molecule has 38 heavy (non-hydrogen) atoms. The van der Waals surface area contributed by atoms with Gasteiger partial charge in [-0.05, 0) is 52.2 Å². The summed E-state index contributed by atoms with van der Waals surface area (Å²) < 4.78 is 17.9. The summed E-state index contributed by atoms with van der Waals surface area (Å²) in [4.78, 5) is 42.4. The summed E-state index contributed by atoms with van der Waals surface area (Å²) in [6, 6.07) is 8.86. The number of nitriles is 1. The fourth-order valence-corrected chi connectivity index (χ4v) is 6.40. The number of fused-ring (bicyclic) bond motifs is 1. The average Bonchev–Trinajstić information content (AvgIpc) is 3.23. The van der Waals surface area contributed by atoms with Gasteiger partial charge in [0.05, 0.1) is 30.1 Å². The highest BCUT2D eigenvalue weighted by Gasteiger charge is 2.57. The van der Waals surface area contributed by atoms with Crippen molar-refractivity contribution in [3.63, 3.8) is 0 Å². The second-order valence-electron chi connectivity index (χ2n) is 9.99. The first kappa shape index (κ1) is 28.0. The molecule has 3 aliphatic rings. The fourth-order valence-electron chi connectivity index (χ4n) is 5.04. The molecule has 0 radical (unpaired) electrons. The lowest BCUT2D eigenvalue weighted by atomic mass is 9.91. The SMILES string of the molecule is CCOc1ccccc1C(CN1C(=O)N(C(C)(C)C(=O)O)C(=O)C2C(C)=C(C#N)SC21)OC1CCOCC1. The molecule has 3 amide bonds. The lowest BCUT2D eigenvalue weighted by Gasteiger charge is -2.47. The largest absolute Gasteiger partial charge is 0.493 e. The van der Waals surface area contributed by atoms with E-state index in [-0.39, 0.29) is 12.6 Å². The van der Waals surface area contributed by atoms with Crippen molar-refractivity contribution in [3.05, 3.63) is 40.3 Å². The molecule has 11 heteroatoms. The number of benzene rings is 1. The lowest BCUT2D eigenvalue weighted by Crippen LogP contribution is -2.67. The van der Waals surface area contributed by atoms with Gasteiger partial charge in [-0.25, -0.2) is 14.5 Å². The molecule has 3 aliphatic heterocycles. The third kappa shape index (κ3) is 5.13. The zero-order valence-corrected chi connectivity index (χ0v) is 22.8. The number of imide groups is 1. The van der Waals surface area contributed by atoms with Crippen LogP contribution < -0.4 is 4.74 Å². The monoisotopic (exact) mass is 543 g/mol. The molecule has 0 bridgehead atoms. The van der Waals surface area contributed by atoms with Crippen molar-refractivity contribution in [2.24, 2.45) is 5.92 Å². The first-order chi connectivity index (χ1) is 18.1. The number of hydrogen-bond acceptors (Lipinski definition) is 8. The van der Waals surface area contributed by atoms with Gasteiger partial charge >= 0.3 is 12.0 Å². The van der Waals surface area contributed by atoms with Gasteiger partial charge in [0.2, 0.25) is 5.91 Å². The van der Waals surface area contributed by atoms with Crippen LogP contribution in [0.1, 0.15) is 52.2 Å². The Labute approximate surface area is 226 Å². The van der Waals surface area contributed by atoms with Crippen molar-refractivity contribution in [1.29, 1.82) is 5.26 Å². The molecule has 1 aromatic carbocycles. The molecular weight excluding hydrogens is 510 g/mol. The number of allylic oxidation sites excluding steroid dienone is 1. The van der Waals surface area contributed by atoms with Gasteiger partial charge in [0, 0.05) is 18.8 Å². The Morgan fingerprint density at radius 2 is 1.97 bits per heavy atom. The van der Waals surface area contributed by atoms with E-state index in [4.69, 9.17) is 14.2 Å². The van der Waals surface area contributed by atoms with Crippen LogP contribution in [0.2, 0.25) is 0 Å². The molecule has 10 nitrogen and oxygen atoms in total. The number of carbonyl (C=O) groups excluding carboxylic acids is 2. The summed E-state index contributed by atoms with van der Waals surface area (Å²) in [6.07, 6.45) is 0.647. The third-order valence-corrected chi connectivity index (χ3v) is 8.63. The van der Waals surface area contributed by atoms with E-state index in [9.17, 15) is 24.8 Å². The summed E-state index contributed by atoms with van der Waals surface area (Å²) in [7, 11) is 0. The maximum atomic E-state index is 13.9. The molecule has 4 rings (SSSR count). The number of para-hydroxylation sites is 1. The van der Waals surface area contributed by atoms with E-state index < -0.39 is 40.8 Å². The highest BCUT2D eigenvalue weighted by atomic mass is 32.2. The highest BCUT2D eigenvalue weighted by molar-refractivity contribution is 8.04. The Morgan fingerprint density at radius 3 is 2.61 bits per heavy atom. The molecule has 2 fully saturated rings. The van der Waals surface area contributed by atoms with E-state index in [0.29, 0.717) is 48.9 Å². The summed E-state index contributed by atoms with van der Waals surface area (Å²) in [5.41, 5.74) is -0.509. The number of thioether (sulfide) groups is 1. The van der Waals surface area contributed by atoms with Crippen LogP contribution in [-0.4, -0.2) is 76.2 Å². The molecular formula is C27H33N3O7S. The molecule has 3 unspecified atom stereocenters. The van der Waals surface area contributed by atoms with Gasteiger partial charge in [0.15, 0.2) is 0 Å². The minimum Gasteiger partial charge on any atom is -0.493 e. The van der Waals surface area contributed by atoms with Crippen molar-refractivity contribution >= 4 is 29.7 Å². The van der Waals surface area contributed by atoms with Gasteiger partial charge in [-0.15, -0.1) is 0 Å². The van der Waals surface area contributed by atoms with Gasteiger partial charge in [-0.3, -0.25) is 4.79 Å². The lowest BCUT2D eigenvalue weighted by molar-refractivity contribution is -0.158. The molecule has 1 N–H and O–H groups in total. The number of amides is 3. The highest BCUT2D eigenvalue weighted by Crippen LogP contribution is 2.48. The Morgan fingerprint density at radius 1 is 1.29 bits per heavy atom. The smallest absolute Gasteiger partial charge is 0.329 e. The predicted molar refractivity (Wildman–Crippen MR) is 139 cm³/mol. The zero-order valence-electron chi connectivity index (χ0n) is 22.0. The van der Waals surface area contributed by atoms with E-state index in [1.54, 1.807) is 6.92 Å². The summed E-state index contributed by atoms with van der Waals surface area (Å²) in [6.45, 7) is 7.85. The quantitative estimate of drug-likeness (QED) is 0.492. The topological polar surface area (TPSA) is 129 Å². The van der Waals surface area contributed by atoms with Crippen LogP contribution in [-0.2, 0) is 19.1 Å². The summed E-state index contributed by atoms with van der Waals surface area (Å²) >= 11 is 1.16. The van der Waals surface area contributed by atoms with Crippen LogP contribution in [0.15, 0.2) is 34.7 Å². The summed E-state index contributed by atoms with van der Waals surface area (Å²) in [5, 5.41) is 18.9. The molecule has 204 valence electrons. The predicted octanol–water partition coefficient (Wildman–Crippen LogP) is 3.94. The minimum absolute atomic E-state index is 0.0416. The average molecular weight is 544 g/mol. The molecule has 0 saturated carbocycles. The number of carbonyl (C=O) groups is 3. The number of aliphatic carboxylic acids is 1. The van der Waals surface area contributed by atoms with E-state index in [1.807, 2.05) is 31.2 Å². The van der Waals surface area contributed by atoms with E-state index in [0.717, 1.165) is 22.2 Å². The number of rotatable bonds is 9. The first-order valence-corrected chi connectivity index (χ1v) is 13.6. The number of urea groups is 1.